The number of aliphatic hydroxyl groups is 1. The van der Waals surface area contributed by atoms with E-state index in [-0.39, 0.29) is 0 Å². The Bertz CT molecular complexity index is 618. The molecule has 0 fully saturated rings. The van der Waals surface area contributed by atoms with Crippen LogP contribution in [0.1, 0.15) is 35.3 Å². The molecule has 1 N–H and O–H groups in total. The molecule has 0 amide bonds. The van der Waals surface area contributed by atoms with E-state index in [9.17, 15) is 5.11 Å². The number of aryl methyl sites for hydroxylation is 2. The molecule has 0 saturated carbocycles. The molecular weight excluding hydrogens is 264 g/mol. The van der Waals surface area contributed by atoms with Crippen molar-refractivity contribution in [3.05, 3.63) is 58.7 Å². The van der Waals surface area contributed by atoms with Crippen LogP contribution in [0.15, 0.2) is 36.4 Å². The smallest absolute Gasteiger partial charge is 0.129 e. The van der Waals surface area contributed by atoms with Crippen LogP contribution in [0.5, 0.6) is 11.5 Å². The highest BCUT2D eigenvalue weighted by Crippen LogP contribution is 2.30. The first-order valence-corrected chi connectivity index (χ1v) is 7.06. The zero-order chi connectivity index (χ0) is 15.4. The topological polar surface area (TPSA) is 38.7 Å². The molecular formula is C18H22O3. The normalized spacial score (nSPS) is 12.0. The lowest BCUT2D eigenvalue weighted by Gasteiger charge is -2.16. The largest absolute Gasteiger partial charge is 0.497 e. The summed E-state index contributed by atoms with van der Waals surface area (Å²) < 4.78 is 11.1. The first kappa shape index (κ1) is 15.4. The zero-order valence-corrected chi connectivity index (χ0v) is 13.0. The van der Waals surface area contributed by atoms with Crippen LogP contribution < -0.4 is 9.47 Å². The summed E-state index contributed by atoms with van der Waals surface area (Å²) in [4.78, 5) is 0. The molecule has 0 radical (unpaired) electrons. The van der Waals surface area contributed by atoms with Gasteiger partial charge in [-0.2, -0.15) is 0 Å². The molecule has 2 aromatic rings. The molecule has 112 valence electrons. The van der Waals surface area contributed by atoms with Gasteiger partial charge in [0.1, 0.15) is 18.1 Å². The molecule has 3 heteroatoms. The standard InChI is InChI=1S/C18H22O3/c1-12-5-6-13(2)15(9-12)11-21-18-10-16(20-4)7-8-17(18)14(3)19/h5-10,14,19H,11H2,1-4H3/t14-/m0/s1. The predicted molar refractivity (Wildman–Crippen MR) is 83.9 cm³/mol. The maximum Gasteiger partial charge on any atom is 0.129 e. The summed E-state index contributed by atoms with van der Waals surface area (Å²) >= 11 is 0. The van der Waals surface area contributed by atoms with Crippen LogP contribution in [0.3, 0.4) is 0 Å². The quantitative estimate of drug-likeness (QED) is 0.904. The van der Waals surface area contributed by atoms with Gasteiger partial charge in [-0.15, -0.1) is 0 Å². The van der Waals surface area contributed by atoms with Crippen molar-refractivity contribution in [3.63, 3.8) is 0 Å². The Morgan fingerprint density at radius 3 is 2.52 bits per heavy atom. The van der Waals surface area contributed by atoms with Crippen LogP contribution >= 0.6 is 0 Å². The van der Waals surface area contributed by atoms with Gasteiger partial charge in [0.05, 0.1) is 13.2 Å². The third kappa shape index (κ3) is 3.76. The summed E-state index contributed by atoms with van der Waals surface area (Å²) in [5.74, 6) is 1.38. The molecule has 0 spiro atoms. The number of benzene rings is 2. The van der Waals surface area contributed by atoms with Gasteiger partial charge in [-0.3, -0.25) is 0 Å². The van der Waals surface area contributed by atoms with E-state index in [2.05, 4.69) is 32.0 Å². The summed E-state index contributed by atoms with van der Waals surface area (Å²) in [6, 6.07) is 11.8. The molecule has 21 heavy (non-hydrogen) atoms. The number of rotatable bonds is 5. The van der Waals surface area contributed by atoms with Gasteiger partial charge in [0.15, 0.2) is 0 Å². The average molecular weight is 286 g/mol. The van der Waals surface area contributed by atoms with Gasteiger partial charge < -0.3 is 14.6 Å². The van der Waals surface area contributed by atoms with Gasteiger partial charge in [-0.05, 0) is 44.0 Å². The minimum Gasteiger partial charge on any atom is -0.497 e. The van der Waals surface area contributed by atoms with Crippen molar-refractivity contribution in [2.24, 2.45) is 0 Å². The van der Waals surface area contributed by atoms with Crippen molar-refractivity contribution in [1.29, 1.82) is 0 Å². The molecule has 0 aliphatic rings. The molecule has 2 rings (SSSR count). The minimum absolute atomic E-state index is 0.473. The van der Waals surface area contributed by atoms with Crippen LogP contribution in [0, 0.1) is 13.8 Å². The predicted octanol–water partition coefficient (Wildman–Crippen LogP) is 3.94. The van der Waals surface area contributed by atoms with Crippen LogP contribution in [0.4, 0.5) is 0 Å². The van der Waals surface area contributed by atoms with Gasteiger partial charge in [0.2, 0.25) is 0 Å². The summed E-state index contributed by atoms with van der Waals surface area (Å²) in [7, 11) is 1.62. The molecule has 0 heterocycles. The SMILES string of the molecule is COc1ccc([C@H](C)O)c(OCc2cc(C)ccc2C)c1. The third-order valence-corrected chi connectivity index (χ3v) is 3.56. The molecule has 2 aromatic carbocycles. The number of aliphatic hydroxyl groups excluding tert-OH is 1. The lowest BCUT2D eigenvalue weighted by atomic mass is 10.1. The average Bonchev–Trinajstić information content (AvgIpc) is 2.47. The van der Waals surface area contributed by atoms with Crippen LogP contribution in [0.25, 0.3) is 0 Å². The van der Waals surface area contributed by atoms with Gasteiger partial charge >= 0.3 is 0 Å². The van der Waals surface area contributed by atoms with E-state index in [0.29, 0.717) is 12.4 Å². The van der Waals surface area contributed by atoms with E-state index in [0.717, 1.165) is 16.9 Å². The highest BCUT2D eigenvalue weighted by Gasteiger charge is 2.11. The van der Waals surface area contributed by atoms with E-state index >= 15 is 0 Å². The van der Waals surface area contributed by atoms with Gasteiger partial charge in [-0.1, -0.05) is 23.8 Å². The minimum atomic E-state index is -0.579. The van der Waals surface area contributed by atoms with Crippen molar-refractivity contribution in [2.75, 3.05) is 7.11 Å². The summed E-state index contributed by atoms with van der Waals surface area (Å²) in [6.07, 6.45) is -0.579. The summed E-state index contributed by atoms with van der Waals surface area (Å²) in [5.41, 5.74) is 4.32. The molecule has 0 aliphatic carbocycles. The lowest BCUT2D eigenvalue weighted by molar-refractivity contribution is 0.190. The van der Waals surface area contributed by atoms with E-state index in [1.165, 1.54) is 11.1 Å². The Hall–Kier alpha value is -2.00. The summed E-state index contributed by atoms with van der Waals surface area (Å²) in [6.45, 7) is 6.34. The second-order valence-electron chi connectivity index (χ2n) is 5.30. The maximum absolute atomic E-state index is 9.84. The second-order valence-corrected chi connectivity index (χ2v) is 5.30. The summed E-state index contributed by atoms with van der Waals surface area (Å²) in [5, 5.41) is 9.84. The third-order valence-electron chi connectivity index (χ3n) is 3.56. The Labute approximate surface area is 126 Å². The number of hydrogen-bond donors (Lipinski definition) is 1. The van der Waals surface area contributed by atoms with E-state index in [1.807, 2.05) is 18.2 Å². The highest BCUT2D eigenvalue weighted by atomic mass is 16.5. The monoisotopic (exact) mass is 286 g/mol. The van der Waals surface area contributed by atoms with Crippen molar-refractivity contribution in [2.45, 2.75) is 33.5 Å². The van der Waals surface area contributed by atoms with Crippen LogP contribution in [0.2, 0.25) is 0 Å². The Morgan fingerprint density at radius 2 is 1.86 bits per heavy atom. The van der Waals surface area contributed by atoms with E-state index in [4.69, 9.17) is 9.47 Å². The molecule has 0 saturated heterocycles. The van der Waals surface area contributed by atoms with E-state index < -0.39 is 6.10 Å². The molecule has 0 aromatic heterocycles. The van der Waals surface area contributed by atoms with Crippen molar-refractivity contribution in [3.8, 4) is 11.5 Å². The Kier molecular flexibility index (Phi) is 4.86. The Morgan fingerprint density at radius 1 is 1.10 bits per heavy atom. The van der Waals surface area contributed by atoms with Gasteiger partial charge in [-0.25, -0.2) is 0 Å². The first-order chi connectivity index (χ1) is 10.0. The fourth-order valence-corrected chi connectivity index (χ4v) is 2.22. The molecule has 0 bridgehead atoms. The molecule has 0 unspecified atom stereocenters. The Balaban J connectivity index is 2.24. The van der Waals surface area contributed by atoms with Crippen LogP contribution in [-0.4, -0.2) is 12.2 Å². The van der Waals surface area contributed by atoms with Gasteiger partial charge in [0, 0.05) is 11.6 Å². The van der Waals surface area contributed by atoms with E-state index in [1.54, 1.807) is 14.0 Å². The van der Waals surface area contributed by atoms with Gasteiger partial charge in [0.25, 0.3) is 0 Å². The fourth-order valence-electron chi connectivity index (χ4n) is 2.22. The zero-order valence-electron chi connectivity index (χ0n) is 13.0. The first-order valence-electron chi connectivity index (χ1n) is 7.06. The molecule has 1 atom stereocenters. The van der Waals surface area contributed by atoms with Crippen molar-refractivity contribution in [1.82, 2.24) is 0 Å². The molecule has 0 aliphatic heterocycles. The highest BCUT2D eigenvalue weighted by molar-refractivity contribution is 5.42. The maximum atomic E-state index is 9.84. The number of ether oxygens (including phenoxy) is 2. The number of hydrogen-bond acceptors (Lipinski definition) is 3. The second kappa shape index (κ2) is 6.64. The van der Waals surface area contributed by atoms with Crippen molar-refractivity contribution < 1.29 is 14.6 Å². The van der Waals surface area contributed by atoms with Crippen LogP contribution in [-0.2, 0) is 6.61 Å². The molecule has 3 nitrogen and oxygen atoms in total. The fraction of sp³-hybridized carbons (Fsp3) is 0.333. The lowest BCUT2D eigenvalue weighted by Crippen LogP contribution is -2.03. The van der Waals surface area contributed by atoms with Crippen molar-refractivity contribution >= 4 is 0 Å². The number of methoxy groups -OCH3 is 1.